The van der Waals surface area contributed by atoms with Crippen molar-refractivity contribution in [2.24, 2.45) is 0 Å². The van der Waals surface area contributed by atoms with Crippen LogP contribution in [0.25, 0.3) is 10.9 Å². The van der Waals surface area contributed by atoms with Crippen LogP contribution in [-0.4, -0.2) is 18.1 Å². The molecule has 1 heterocycles. The number of rotatable bonds is 3. The summed E-state index contributed by atoms with van der Waals surface area (Å²) in [5.41, 5.74) is 0.578. The van der Waals surface area contributed by atoms with E-state index in [1.54, 1.807) is 48.5 Å². The van der Waals surface area contributed by atoms with Crippen LogP contribution in [0.15, 0.2) is 59.4 Å². The van der Waals surface area contributed by atoms with Crippen molar-refractivity contribution in [2.45, 2.75) is 0 Å². The molecule has 1 aromatic heterocycles. The van der Waals surface area contributed by atoms with Crippen LogP contribution in [0.4, 0.5) is 0 Å². The SMILES string of the molecule is COc1ccccc1C(=O)Oc1cc(=O)[nH]c2ccccc12. The molecular formula is C17H13NO4. The maximum atomic E-state index is 12.3. The Morgan fingerprint density at radius 1 is 1.00 bits per heavy atom. The molecule has 0 atom stereocenters. The topological polar surface area (TPSA) is 68.4 Å². The van der Waals surface area contributed by atoms with Crippen molar-refractivity contribution in [1.82, 2.24) is 4.98 Å². The lowest BCUT2D eigenvalue weighted by Crippen LogP contribution is -2.13. The fraction of sp³-hybridized carbons (Fsp3) is 0.0588. The van der Waals surface area contributed by atoms with Crippen LogP contribution >= 0.6 is 0 Å². The molecule has 1 N–H and O–H groups in total. The third-order valence-corrected chi connectivity index (χ3v) is 3.24. The average molecular weight is 295 g/mol. The van der Waals surface area contributed by atoms with Crippen LogP contribution in [0.2, 0.25) is 0 Å². The van der Waals surface area contributed by atoms with E-state index in [2.05, 4.69) is 4.98 Å². The van der Waals surface area contributed by atoms with Crippen molar-refractivity contribution in [3.63, 3.8) is 0 Å². The minimum atomic E-state index is -0.576. The Hall–Kier alpha value is -3.08. The third-order valence-electron chi connectivity index (χ3n) is 3.24. The summed E-state index contributed by atoms with van der Waals surface area (Å²) < 4.78 is 10.5. The van der Waals surface area contributed by atoms with E-state index in [-0.39, 0.29) is 11.3 Å². The molecule has 0 amide bonds. The summed E-state index contributed by atoms with van der Waals surface area (Å²) in [7, 11) is 1.48. The molecule has 3 rings (SSSR count). The van der Waals surface area contributed by atoms with Crippen LogP contribution in [0.5, 0.6) is 11.5 Å². The van der Waals surface area contributed by atoms with E-state index in [1.165, 1.54) is 13.2 Å². The van der Waals surface area contributed by atoms with Crippen LogP contribution in [0, 0.1) is 0 Å². The van der Waals surface area contributed by atoms with E-state index in [4.69, 9.17) is 9.47 Å². The molecule has 5 heteroatoms. The average Bonchev–Trinajstić information content (AvgIpc) is 2.54. The highest BCUT2D eigenvalue weighted by molar-refractivity contribution is 5.96. The maximum Gasteiger partial charge on any atom is 0.347 e. The number of aromatic amines is 1. The highest BCUT2D eigenvalue weighted by Crippen LogP contribution is 2.24. The predicted molar refractivity (Wildman–Crippen MR) is 82.5 cm³/mol. The minimum absolute atomic E-state index is 0.218. The van der Waals surface area contributed by atoms with Gasteiger partial charge in [0.25, 0.3) is 5.56 Å². The van der Waals surface area contributed by atoms with Gasteiger partial charge in [0, 0.05) is 11.5 Å². The van der Waals surface area contributed by atoms with E-state index < -0.39 is 5.97 Å². The Bertz CT molecular complexity index is 898. The molecule has 2 aromatic carbocycles. The van der Waals surface area contributed by atoms with Gasteiger partial charge in [-0.3, -0.25) is 4.79 Å². The zero-order valence-corrected chi connectivity index (χ0v) is 11.8. The Kier molecular flexibility index (Phi) is 3.62. The first-order chi connectivity index (χ1) is 10.7. The molecule has 0 saturated carbocycles. The Labute approximate surface area is 126 Å². The van der Waals surface area contributed by atoms with Gasteiger partial charge in [0.15, 0.2) is 0 Å². The summed E-state index contributed by atoms with van der Waals surface area (Å²) in [6.07, 6.45) is 0. The second-order valence-corrected chi connectivity index (χ2v) is 4.63. The molecule has 0 radical (unpaired) electrons. The predicted octanol–water partition coefficient (Wildman–Crippen LogP) is 2.76. The van der Waals surface area contributed by atoms with Gasteiger partial charge in [-0.25, -0.2) is 4.79 Å². The lowest BCUT2D eigenvalue weighted by molar-refractivity contribution is 0.0733. The monoisotopic (exact) mass is 295 g/mol. The molecule has 0 saturated heterocycles. The highest BCUT2D eigenvalue weighted by atomic mass is 16.5. The molecular weight excluding hydrogens is 282 g/mol. The molecule has 0 aliphatic rings. The van der Waals surface area contributed by atoms with E-state index in [0.717, 1.165) is 0 Å². The van der Waals surface area contributed by atoms with Crippen molar-refractivity contribution in [1.29, 1.82) is 0 Å². The molecule has 0 aliphatic carbocycles. The summed E-state index contributed by atoms with van der Waals surface area (Å²) in [5.74, 6) is 0.0603. The Morgan fingerprint density at radius 2 is 1.73 bits per heavy atom. The molecule has 0 fully saturated rings. The first kappa shape index (κ1) is 13.9. The van der Waals surface area contributed by atoms with Gasteiger partial charge in [0.05, 0.1) is 12.6 Å². The number of nitrogens with one attached hydrogen (secondary N) is 1. The second kappa shape index (κ2) is 5.73. The van der Waals surface area contributed by atoms with Crippen molar-refractivity contribution in [3.05, 3.63) is 70.5 Å². The van der Waals surface area contributed by atoms with E-state index in [0.29, 0.717) is 22.2 Å². The van der Waals surface area contributed by atoms with Gasteiger partial charge >= 0.3 is 5.97 Å². The number of carbonyl (C=O) groups excluding carboxylic acids is 1. The number of hydrogen-bond donors (Lipinski definition) is 1. The summed E-state index contributed by atoms with van der Waals surface area (Å²) >= 11 is 0. The van der Waals surface area contributed by atoms with Crippen molar-refractivity contribution >= 4 is 16.9 Å². The summed E-state index contributed by atoms with van der Waals surface area (Å²) in [6.45, 7) is 0. The quantitative estimate of drug-likeness (QED) is 0.754. The minimum Gasteiger partial charge on any atom is -0.496 e. The number of aromatic nitrogens is 1. The van der Waals surface area contributed by atoms with Crippen molar-refractivity contribution in [2.75, 3.05) is 7.11 Å². The first-order valence-corrected chi connectivity index (χ1v) is 6.66. The zero-order chi connectivity index (χ0) is 15.5. The number of pyridine rings is 1. The van der Waals surface area contributed by atoms with Gasteiger partial charge in [0.2, 0.25) is 0 Å². The van der Waals surface area contributed by atoms with E-state index in [9.17, 15) is 9.59 Å². The largest absolute Gasteiger partial charge is 0.496 e. The standard InChI is InChI=1S/C17H13NO4/c1-21-14-9-5-3-7-12(14)17(20)22-15-10-16(19)18-13-8-4-2-6-11(13)15/h2-10H,1H3,(H,18,19). The molecule has 0 aliphatic heterocycles. The zero-order valence-electron chi connectivity index (χ0n) is 11.8. The van der Waals surface area contributed by atoms with Crippen molar-refractivity contribution < 1.29 is 14.3 Å². The van der Waals surface area contributed by atoms with Gasteiger partial charge in [-0.05, 0) is 24.3 Å². The number of carbonyl (C=O) groups is 1. The van der Waals surface area contributed by atoms with E-state index in [1.807, 2.05) is 0 Å². The molecule has 0 spiro atoms. The number of fused-ring (bicyclic) bond motifs is 1. The smallest absolute Gasteiger partial charge is 0.347 e. The first-order valence-electron chi connectivity index (χ1n) is 6.66. The summed E-state index contributed by atoms with van der Waals surface area (Å²) in [6, 6.07) is 15.1. The number of benzene rings is 2. The molecule has 5 nitrogen and oxygen atoms in total. The summed E-state index contributed by atoms with van der Waals surface area (Å²) in [5, 5.41) is 0.658. The Morgan fingerprint density at radius 3 is 2.55 bits per heavy atom. The number of para-hydroxylation sites is 2. The second-order valence-electron chi connectivity index (χ2n) is 4.63. The van der Waals surface area contributed by atoms with Crippen LogP contribution < -0.4 is 15.0 Å². The van der Waals surface area contributed by atoms with E-state index >= 15 is 0 Å². The number of methoxy groups -OCH3 is 1. The number of hydrogen-bond acceptors (Lipinski definition) is 4. The molecule has 3 aromatic rings. The lowest BCUT2D eigenvalue weighted by atomic mass is 10.2. The van der Waals surface area contributed by atoms with Gasteiger partial charge in [0.1, 0.15) is 17.1 Å². The highest BCUT2D eigenvalue weighted by Gasteiger charge is 2.15. The fourth-order valence-corrected chi connectivity index (χ4v) is 2.23. The fourth-order valence-electron chi connectivity index (χ4n) is 2.23. The maximum absolute atomic E-state index is 12.3. The Balaban J connectivity index is 2.03. The third kappa shape index (κ3) is 2.56. The summed E-state index contributed by atoms with van der Waals surface area (Å²) in [4.78, 5) is 26.7. The van der Waals surface area contributed by atoms with Gasteiger partial charge in [-0.15, -0.1) is 0 Å². The number of esters is 1. The molecule has 110 valence electrons. The number of H-pyrrole nitrogens is 1. The van der Waals surface area contributed by atoms with Gasteiger partial charge in [-0.1, -0.05) is 24.3 Å². The van der Waals surface area contributed by atoms with Gasteiger partial charge in [-0.2, -0.15) is 0 Å². The normalized spacial score (nSPS) is 10.4. The molecule has 22 heavy (non-hydrogen) atoms. The molecule has 0 unspecified atom stereocenters. The van der Waals surface area contributed by atoms with Crippen molar-refractivity contribution in [3.8, 4) is 11.5 Å². The van der Waals surface area contributed by atoms with Crippen LogP contribution in [-0.2, 0) is 0 Å². The number of ether oxygens (including phenoxy) is 2. The lowest BCUT2D eigenvalue weighted by Gasteiger charge is -2.09. The van der Waals surface area contributed by atoms with Crippen LogP contribution in [0.3, 0.4) is 0 Å². The van der Waals surface area contributed by atoms with Gasteiger partial charge < -0.3 is 14.5 Å². The van der Waals surface area contributed by atoms with Crippen LogP contribution in [0.1, 0.15) is 10.4 Å². The molecule has 0 bridgehead atoms.